The summed E-state index contributed by atoms with van der Waals surface area (Å²) in [5.74, 6) is 0.592. The Hall–Kier alpha value is -3.00. The molecule has 1 saturated heterocycles. The summed E-state index contributed by atoms with van der Waals surface area (Å²) in [5.41, 5.74) is 3.02. The van der Waals surface area contributed by atoms with Gasteiger partial charge < -0.3 is 14.5 Å². The zero-order chi connectivity index (χ0) is 18.5. The first-order chi connectivity index (χ1) is 12.6. The Bertz CT molecular complexity index is 811. The number of rotatable bonds is 4. The number of hydrogen-bond acceptors (Lipinski definition) is 4. The van der Waals surface area contributed by atoms with E-state index in [2.05, 4.69) is 49.1 Å². The number of ether oxygens (including phenoxy) is 1. The predicted molar refractivity (Wildman–Crippen MR) is 101 cm³/mol. The first-order valence-electron chi connectivity index (χ1n) is 8.81. The Kier molecular flexibility index (Phi) is 5.43. The van der Waals surface area contributed by atoms with E-state index in [4.69, 9.17) is 10.00 Å². The molecule has 2 aromatic rings. The first kappa shape index (κ1) is 17.8. The van der Waals surface area contributed by atoms with Crippen molar-refractivity contribution in [2.75, 3.05) is 31.1 Å². The monoisotopic (exact) mass is 349 g/mol. The maximum atomic E-state index is 12.5. The lowest BCUT2D eigenvalue weighted by Gasteiger charge is -2.41. The van der Waals surface area contributed by atoms with Crippen molar-refractivity contribution in [2.45, 2.75) is 19.9 Å². The van der Waals surface area contributed by atoms with Crippen molar-refractivity contribution in [1.29, 1.82) is 5.26 Å². The van der Waals surface area contributed by atoms with E-state index in [-0.39, 0.29) is 18.6 Å². The molecule has 1 aliphatic rings. The van der Waals surface area contributed by atoms with E-state index in [1.165, 1.54) is 11.3 Å². The Balaban J connectivity index is 1.54. The molecule has 134 valence electrons. The van der Waals surface area contributed by atoms with E-state index in [0.29, 0.717) is 24.4 Å². The highest BCUT2D eigenvalue weighted by Crippen LogP contribution is 2.22. The normalized spacial score (nSPS) is 16.9. The molecule has 0 radical (unpaired) electrons. The van der Waals surface area contributed by atoms with E-state index in [1.807, 2.05) is 4.90 Å². The molecule has 0 aliphatic carbocycles. The highest BCUT2D eigenvalue weighted by atomic mass is 16.5. The third kappa shape index (κ3) is 4.15. The molecule has 1 atom stereocenters. The summed E-state index contributed by atoms with van der Waals surface area (Å²) < 4.78 is 5.57. The zero-order valence-corrected chi connectivity index (χ0v) is 15.2. The van der Waals surface area contributed by atoms with Gasteiger partial charge in [-0.25, -0.2) is 0 Å². The number of benzene rings is 2. The van der Waals surface area contributed by atoms with E-state index < -0.39 is 0 Å². The molecule has 5 nitrogen and oxygen atoms in total. The number of carbonyl (C=O) groups is 1. The summed E-state index contributed by atoms with van der Waals surface area (Å²) in [6, 6.07) is 17.6. The first-order valence-corrected chi connectivity index (χ1v) is 8.81. The minimum Gasteiger partial charge on any atom is -0.484 e. The van der Waals surface area contributed by atoms with E-state index in [1.54, 1.807) is 24.3 Å². The minimum atomic E-state index is -0.00916. The lowest BCUT2D eigenvalue weighted by Crippen LogP contribution is -2.54. The van der Waals surface area contributed by atoms with Crippen LogP contribution in [0.25, 0.3) is 0 Å². The van der Waals surface area contributed by atoms with Crippen LogP contribution < -0.4 is 9.64 Å². The average molecular weight is 349 g/mol. The third-order valence-electron chi connectivity index (χ3n) is 4.66. The van der Waals surface area contributed by atoms with Gasteiger partial charge in [0.2, 0.25) is 0 Å². The smallest absolute Gasteiger partial charge is 0.260 e. The van der Waals surface area contributed by atoms with Gasteiger partial charge in [-0.05, 0) is 55.8 Å². The van der Waals surface area contributed by atoms with Gasteiger partial charge in [0.1, 0.15) is 5.75 Å². The van der Waals surface area contributed by atoms with Gasteiger partial charge in [0, 0.05) is 31.4 Å². The summed E-state index contributed by atoms with van der Waals surface area (Å²) in [6.07, 6.45) is 0. The Morgan fingerprint density at radius 3 is 2.65 bits per heavy atom. The number of carbonyl (C=O) groups excluding carboxylic acids is 1. The molecule has 0 spiro atoms. The third-order valence-corrected chi connectivity index (χ3v) is 4.66. The highest BCUT2D eigenvalue weighted by Gasteiger charge is 2.27. The van der Waals surface area contributed by atoms with Crippen LogP contribution in [-0.4, -0.2) is 43.1 Å². The fourth-order valence-corrected chi connectivity index (χ4v) is 3.24. The van der Waals surface area contributed by atoms with Gasteiger partial charge >= 0.3 is 0 Å². The Morgan fingerprint density at radius 2 is 2.00 bits per heavy atom. The molecule has 0 aromatic heterocycles. The second-order valence-corrected chi connectivity index (χ2v) is 6.65. The summed E-state index contributed by atoms with van der Waals surface area (Å²) in [5, 5.41) is 8.80. The molecule has 2 aromatic carbocycles. The van der Waals surface area contributed by atoms with Gasteiger partial charge in [-0.3, -0.25) is 4.79 Å². The zero-order valence-electron chi connectivity index (χ0n) is 15.2. The molecule has 26 heavy (non-hydrogen) atoms. The number of aryl methyl sites for hydroxylation is 1. The van der Waals surface area contributed by atoms with E-state index in [9.17, 15) is 4.79 Å². The number of amides is 1. The van der Waals surface area contributed by atoms with Crippen LogP contribution in [0.3, 0.4) is 0 Å². The molecule has 1 aliphatic heterocycles. The van der Waals surface area contributed by atoms with Crippen LogP contribution in [0.2, 0.25) is 0 Å². The van der Waals surface area contributed by atoms with Crippen LogP contribution in [0.1, 0.15) is 18.1 Å². The van der Waals surface area contributed by atoms with Crippen molar-refractivity contribution >= 4 is 11.6 Å². The maximum Gasteiger partial charge on any atom is 0.260 e. The Morgan fingerprint density at radius 1 is 1.23 bits per heavy atom. The van der Waals surface area contributed by atoms with Crippen molar-refractivity contribution in [1.82, 2.24) is 4.90 Å². The Labute approximate surface area is 154 Å². The van der Waals surface area contributed by atoms with Gasteiger partial charge in [-0.1, -0.05) is 12.1 Å². The van der Waals surface area contributed by atoms with Crippen LogP contribution >= 0.6 is 0 Å². The van der Waals surface area contributed by atoms with Gasteiger partial charge in [0.25, 0.3) is 5.91 Å². The van der Waals surface area contributed by atoms with Gasteiger partial charge in [-0.2, -0.15) is 5.26 Å². The van der Waals surface area contributed by atoms with Crippen LogP contribution in [0, 0.1) is 18.3 Å². The molecule has 1 amide bonds. The van der Waals surface area contributed by atoms with Gasteiger partial charge in [-0.15, -0.1) is 0 Å². The molecular formula is C21H23N3O2. The molecule has 0 N–H and O–H groups in total. The SMILES string of the molecule is Cc1cccc(N2CCN(C(=O)COc3ccc(C#N)cc3)C[C@H]2C)c1. The maximum absolute atomic E-state index is 12.5. The number of piperazine rings is 1. The largest absolute Gasteiger partial charge is 0.484 e. The summed E-state index contributed by atoms with van der Waals surface area (Å²) >= 11 is 0. The van der Waals surface area contributed by atoms with E-state index >= 15 is 0 Å². The number of nitrogens with zero attached hydrogens (tertiary/aromatic N) is 3. The minimum absolute atomic E-state index is 0.00916. The average Bonchev–Trinajstić information content (AvgIpc) is 2.66. The van der Waals surface area contributed by atoms with Crippen LogP contribution in [-0.2, 0) is 4.79 Å². The lowest BCUT2D eigenvalue weighted by molar-refractivity contribution is -0.134. The molecule has 0 saturated carbocycles. The number of nitriles is 1. The molecule has 3 rings (SSSR count). The quantitative estimate of drug-likeness (QED) is 0.851. The van der Waals surface area contributed by atoms with Crippen molar-refractivity contribution in [2.24, 2.45) is 0 Å². The van der Waals surface area contributed by atoms with Crippen molar-refractivity contribution in [3.8, 4) is 11.8 Å². The molecular weight excluding hydrogens is 326 g/mol. The van der Waals surface area contributed by atoms with Crippen molar-refractivity contribution < 1.29 is 9.53 Å². The van der Waals surface area contributed by atoms with Crippen molar-refractivity contribution in [3.05, 3.63) is 59.7 Å². The van der Waals surface area contributed by atoms with Crippen LogP contribution in [0.5, 0.6) is 5.75 Å². The summed E-state index contributed by atoms with van der Waals surface area (Å²) in [6.45, 7) is 6.44. The predicted octanol–water partition coefficient (Wildman–Crippen LogP) is 2.98. The lowest BCUT2D eigenvalue weighted by atomic mass is 10.1. The standard InChI is InChI=1S/C21H23N3O2/c1-16-4-3-5-19(12-16)24-11-10-23(14-17(24)2)21(25)15-26-20-8-6-18(13-22)7-9-20/h3-9,12,17H,10-11,14-15H2,1-2H3/t17-/m1/s1. The fourth-order valence-electron chi connectivity index (χ4n) is 3.24. The summed E-state index contributed by atoms with van der Waals surface area (Å²) in [7, 11) is 0. The van der Waals surface area contributed by atoms with E-state index in [0.717, 1.165) is 6.54 Å². The van der Waals surface area contributed by atoms with Crippen LogP contribution in [0.15, 0.2) is 48.5 Å². The van der Waals surface area contributed by atoms with Gasteiger partial charge in [0.15, 0.2) is 6.61 Å². The molecule has 1 fully saturated rings. The molecule has 0 bridgehead atoms. The topological polar surface area (TPSA) is 56.6 Å². The highest BCUT2D eigenvalue weighted by molar-refractivity contribution is 5.78. The second-order valence-electron chi connectivity index (χ2n) is 6.65. The second kappa shape index (κ2) is 7.92. The molecule has 0 unspecified atom stereocenters. The molecule has 5 heteroatoms. The fraction of sp³-hybridized carbons (Fsp3) is 0.333. The van der Waals surface area contributed by atoms with Crippen LogP contribution in [0.4, 0.5) is 5.69 Å². The summed E-state index contributed by atoms with van der Waals surface area (Å²) in [4.78, 5) is 16.7. The van der Waals surface area contributed by atoms with Crippen molar-refractivity contribution in [3.63, 3.8) is 0 Å². The number of hydrogen-bond donors (Lipinski definition) is 0. The van der Waals surface area contributed by atoms with Gasteiger partial charge in [0.05, 0.1) is 11.6 Å². The number of anilines is 1. The molecule has 1 heterocycles.